The zero-order valence-corrected chi connectivity index (χ0v) is 19.5. The number of nitrogens with one attached hydrogen (secondary N) is 1. The first-order valence-electron chi connectivity index (χ1n) is 10.5. The van der Waals surface area contributed by atoms with Crippen LogP contribution >= 0.6 is 0 Å². The molecule has 2 aromatic carbocycles. The second-order valence-corrected chi connectivity index (χ2v) is 6.62. The summed E-state index contributed by atoms with van der Waals surface area (Å²) >= 11 is 0. The van der Waals surface area contributed by atoms with Gasteiger partial charge in [-0.1, -0.05) is 20.4 Å². The number of methoxy groups -OCH3 is 1. The number of aryl methyl sites for hydroxylation is 1. The maximum absolute atomic E-state index is 12.0. The van der Waals surface area contributed by atoms with Crippen LogP contribution < -0.4 is 15.0 Å². The highest BCUT2D eigenvalue weighted by Gasteiger charge is 2.14. The Morgan fingerprint density at radius 1 is 1.06 bits per heavy atom. The second-order valence-electron chi connectivity index (χ2n) is 6.62. The van der Waals surface area contributed by atoms with Crippen LogP contribution in [0, 0.1) is 6.92 Å². The van der Waals surface area contributed by atoms with Crippen molar-refractivity contribution in [1.82, 2.24) is 0 Å². The van der Waals surface area contributed by atoms with E-state index >= 15 is 0 Å². The van der Waals surface area contributed by atoms with E-state index in [4.69, 9.17) is 9.47 Å². The van der Waals surface area contributed by atoms with Crippen molar-refractivity contribution in [3.05, 3.63) is 60.3 Å². The lowest BCUT2D eigenvalue weighted by atomic mass is 10.1. The molecule has 168 valence electrons. The van der Waals surface area contributed by atoms with E-state index in [9.17, 15) is 9.59 Å². The zero-order chi connectivity index (χ0) is 23.4. The van der Waals surface area contributed by atoms with Gasteiger partial charge in [-0.3, -0.25) is 9.59 Å². The van der Waals surface area contributed by atoms with Crippen molar-refractivity contribution in [3.63, 3.8) is 0 Å². The molecular formula is C25H34N2O4. The number of nitrogens with zero attached hydrogens (tertiary/aromatic N) is 1. The Balaban J connectivity index is 0.00000233. The molecule has 0 heterocycles. The molecule has 1 N–H and O–H groups in total. The minimum atomic E-state index is -0.370. The number of benzene rings is 2. The van der Waals surface area contributed by atoms with Gasteiger partial charge >= 0.3 is 5.97 Å². The Morgan fingerprint density at radius 3 is 2.23 bits per heavy atom. The molecule has 31 heavy (non-hydrogen) atoms. The minimum absolute atomic E-state index is 0.0674. The van der Waals surface area contributed by atoms with Crippen LogP contribution in [0.2, 0.25) is 0 Å². The molecule has 0 radical (unpaired) electrons. The summed E-state index contributed by atoms with van der Waals surface area (Å²) in [5.41, 5.74) is 4.52. The van der Waals surface area contributed by atoms with Gasteiger partial charge in [-0.05, 0) is 68.8 Å². The van der Waals surface area contributed by atoms with Crippen LogP contribution in [0.1, 0.15) is 46.1 Å². The lowest BCUT2D eigenvalue weighted by Crippen LogP contribution is -2.16. The smallest absolute Gasteiger partial charge is 0.306 e. The number of hydrogen-bond acceptors (Lipinski definition) is 5. The highest BCUT2D eigenvalue weighted by molar-refractivity contribution is 5.92. The Bertz CT molecular complexity index is 876. The summed E-state index contributed by atoms with van der Waals surface area (Å²) < 4.78 is 10.1. The van der Waals surface area contributed by atoms with Crippen molar-refractivity contribution in [2.45, 2.75) is 47.5 Å². The number of amides is 1. The van der Waals surface area contributed by atoms with Crippen molar-refractivity contribution in [1.29, 1.82) is 0 Å². The standard InChI is InChI=1S/C23H28N2O4.C2H6/c1-6-29-23(27)14-13-22(26)24-18-7-9-19(10-8-18)25(16(2)3)21-12-11-20(28-5)15-17(21)4;1-2/h7-12,15H,2,6,13-14H2,1,3-5H3,(H,24,26);1-2H3. The Kier molecular flexibility index (Phi) is 10.9. The van der Waals surface area contributed by atoms with E-state index in [-0.39, 0.29) is 24.7 Å². The van der Waals surface area contributed by atoms with Gasteiger partial charge in [0.25, 0.3) is 0 Å². The lowest BCUT2D eigenvalue weighted by molar-refractivity contribution is -0.144. The van der Waals surface area contributed by atoms with Crippen molar-refractivity contribution < 1.29 is 19.1 Å². The first-order chi connectivity index (χ1) is 14.8. The normalized spacial score (nSPS) is 9.74. The molecule has 0 aromatic heterocycles. The fourth-order valence-corrected chi connectivity index (χ4v) is 2.94. The molecular weight excluding hydrogens is 392 g/mol. The van der Waals surface area contributed by atoms with Crippen LogP contribution in [0.3, 0.4) is 0 Å². The van der Waals surface area contributed by atoms with Gasteiger partial charge in [0.15, 0.2) is 0 Å². The largest absolute Gasteiger partial charge is 0.497 e. The summed E-state index contributed by atoms with van der Waals surface area (Å²) in [7, 11) is 1.64. The third kappa shape index (κ3) is 7.81. The molecule has 6 nitrogen and oxygen atoms in total. The number of carbonyl (C=O) groups is 2. The Hall–Kier alpha value is -3.28. The number of carbonyl (C=O) groups excluding carboxylic acids is 2. The lowest BCUT2D eigenvalue weighted by Gasteiger charge is -2.27. The van der Waals surface area contributed by atoms with Gasteiger partial charge in [-0.2, -0.15) is 0 Å². The first-order valence-corrected chi connectivity index (χ1v) is 10.5. The minimum Gasteiger partial charge on any atom is -0.497 e. The first kappa shape index (κ1) is 25.8. The van der Waals surface area contributed by atoms with Crippen LogP contribution in [0.4, 0.5) is 17.1 Å². The SMILES string of the molecule is C=C(C)N(c1ccc(NC(=O)CCC(=O)OCC)cc1)c1ccc(OC)cc1C.CC. The summed E-state index contributed by atoms with van der Waals surface area (Å²) in [6, 6.07) is 13.4. The third-order valence-corrected chi connectivity index (χ3v) is 4.30. The summed E-state index contributed by atoms with van der Waals surface area (Å²) in [6.45, 7) is 14.1. The third-order valence-electron chi connectivity index (χ3n) is 4.30. The van der Waals surface area contributed by atoms with Crippen LogP contribution in [-0.4, -0.2) is 25.6 Å². The van der Waals surface area contributed by atoms with Gasteiger partial charge in [-0.25, -0.2) is 0 Å². The summed E-state index contributed by atoms with van der Waals surface area (Å²) in [5, 5.41) is 2.80. The number of allylic oxidation sites excluding steroid dienone is 1. The van der Waals surface area contributed by atoms with E-state index in [0.717, 1.165) is 28.4 Å². The fourth-order valence-electron chi connectivity index (χ4n) is 2.94. The van der Waals surface area contributed by atoms with Crippen LogP contribution in [0.15, 0.2) is 54.7 Å². The number of anilines is 3. The summed E-state index contributed by atoms with van der Waals surface area (Å²) in [6.07, 6.45) is 0.154. The van der Waals surface area contributed by atoms with Crippen LogP contribution in [0.5, 0.6) is 5.75 Å². The molecule has 6 heteroatoms. The predicted molar refractivity (Wildman–Crippen MR) is 127 cm³/mol. The van der Waals surface area contributed by atoms with Crippen molar-refractivity contribution >= 4 is 28.9 Å². The highest BCUT2D eigenvalue weighted by Crippen LogP contribution is 2.34. The van der Waals surface area contributed by atoms with E-state index < -0.39 is 0 Å². The van der Waals surface area contributed by atoms with Gasteiger partial charge in [0.2, 0.25) is 5.91 Å². The molecule has 1 amide bonds. The Labute approximate surface area is 185 Å². The molecule has 0 fully saturated rings. The molecule has 2 rings (SSSR count). The number of hydrogen-bond donors (Lipinski definition) is 1. The Morgan fingerprint density at radius 2 is 1.71 bits per heavy atom. The van der Waals surface area contributed by atoms with E-state index in [1.54, 1.807) is 14.0 Å². The van der Waals surface area contributed by atoms with Gasteiger partial charge in [0, 0.05) is 29.2 Å². The predicted octanol–water partition coefficient (Wildman–Crippen LogP) is 5.98. The number of ether oxygens (including phenoxy) is 2. The van der Waals surface area contributed by atoms with Gasteiger partial charge < -0.3 is 19.7 Å². The molecule has 0 aliphatic rings. The van der Waals surface area contributed by atoms with E-state index in [0.29, 0.717) is 12.3 Å². The van der Waals surface area contributed by atoms with Crippen LogP contribution in [-0.2, 0) is 14.3 Å². The highest BCUT2D eigenvalue weighted by atomic mass is 16.5. The molecule has 0 aliphatic carbocycles. The molecule has 0 saturated heterocycles. The van der Waals surface area contributed by atoms with Gasteiger partial charge in [0.1, 0.15) is 5.75 Å². The molecule has 2 aromatic rings. The number of esters is 1. The molecule has 0 bridgehead atoms. The van der Waals surface area contributed by atoms with Crippen molar-refractivity contribution in [3.8, 4) is 5.75 Å². The van der Waals surface area contributed by atoms with Gasteiger partial charge in [-0.15, -0.1) is 0 Å². The quantitative estimate of drug-likeness (QED) is 0.499. The molecule has 0 atom stereocenters. The van der Waals surface area contributed by atoms with E-state index in [1.807, 2.05) is 75.1 Å². The fraction of sp³-hybridized carbons (Fsp3) is 0.360. The molecule has 0 spiro atoms. The second kappa shape index (κ2) is 13.1. The van der Waals surface area contributed by atoms with Crippen LogP contribution in [0.25, 0.3) is 0 Å². The average molecular weight is 427 g/mol. The van der Waals surface area contributed by atoms with Crippen molar-refractivity contribution in [2.75, 3.05) is 23.9 Å². The maximum atomic E-state index is 12.0. The summed E-state index contributed by atoms with van der Waals surface area (Å²) in [5.74, 6) is 0.201. The average Bonchev–Trinajstić information content (AvgIpc) is 2.76. The van der Waals surface area contributed by atoms with Crippen molar-refractivity contribution in [2.24, 2.45) is 0 Å². The topological polar surface area (TPSA) is 67.9 Å². The molecule has 0 saturated carbocycles. The molecule has 0 unspecified atom stereocenters. The van der Waals surface area contributed by atoms with E-state index in [1.165, 1.54) is 0 Å². The summed E-state index contributed by atoms with van der Waals surface area (Å²) in [4.78, 5) is 25.4. The molecule has 0 aliphatic heterocycles. The zero-order valence-electron chi connectivity index (χ0n) is 19.5. The van der Waals surface area contributed by atoms with E-state index in [2.05, 4.69) is 11.9 Å². The monoisotopic (exact) mass is 426 g/mol. The van der Waals surface area contributed by atoms with Gasteiger partial charge in [0.05, 0.1) is 20.1 Å². The number of rotatable bonds is 9. The maximum Gasteiger partial charge on any atom is 0.306 e.